The molecule has 0 aromatic heterocycles. The Morgan fingerprint density at radius 1 is 1.17 bits per heavy atom. The molecule has 0 aliphatic heterocycles. The smallest absolute Gasteiger partial charge is 0.410 e. The lowest BCUT2D eigenvalue weighted by atomic mass is 9.66. The van der Waals surface area contributed by atoms with E-state index in [1.165, 1.54) is 19.3 Å². The summed E-state index contributed by atoms with van der Waals surface area (Å²) in [5, 5.41) is 3.89. The van der Waals surface area contributed by atoms with Crippen LogP contribution in [0.5, 0.6) is 0 Å². The molecule has 6 nitrogen and oxygen atoms in total. The molecule has 0 aromatic carbocycles. The molecule has 0 heterocycles. The van der Waals surface area contributed by atoms with Crippen LogP contribution in [0.2, 0.25) is 0 Å². The van der Waals surface area contributed by atoms with Gasteiger partial charge in [-0.2, -0.15) is 0 Å². The number of carbonyl (C=O) groups excluding carboxylic acids is 1. The summed E-state index contributed by atoms with van der Waals surface area (Å²) >= 11 is 0. The van der Waals surface area contributed by atoms with E-state index in [0.29, 0.717) is 5.92 Å². The maximum atomic E-state index is 12.7. The van der Waals surface area contributed by atoms with Crippen LogP contribution in [-0.2, 0) is 4.74 Å². The van der Waals surface area contributed by atoms with Crippen molar-refractivity contribution in [1.29, 1.82) is 0 Å². The SMILES string of the molecule is CN(C(=O)OC(C)(C)C)C1(C2CCC(N=[N+]=[N-])CC2)CCCCC1. The van der Waals surface area contributed by atoms with Gasteiger partial charge < -0.3 is 9.64 Å². The first-order chi connectivity index (χ1) is 11.3. The van der Waals surface area contributed by atoms with Gasteiger partial charge in [0.15, 0.2) is 0 Å². The van der Waals surface area contributed by atoms with Crippen molar-refractivity contribution in [3.63, 3.8) is 0 Å². The summed E-state index contributed by atoms with van der Waals surface area (Å²) in [6, 6.07) is 0.124. The molecule has 2 saturated carbocycles. The maximum Gasteiger partial charge on any atom is 0.410 e. The van der Waals surface area contributed by atoms with Crippen LogP contribution in [0.3, 0.4) is 0 Å². The molecule has 2 aliphatic carbocycles. The number of rotatable bonds is 3. The van der Waals surface area contributed by atoms with Crippen molar-refractivity contribution in [1.82, 2.24) is 4.90 Å². The molecule has 2 fully saturated rings. The van der Waals surface area contributed by atoms with E-state index >= 15 is 0 Å². The molecule has 0 N–H and O–H groups in total. The van der Waals surface area contributed by atoms with Gasteiger partial charge in [0.25, 0.3) is 0 Å². The third kappa shape index (κ3) is 4.35. The highest BCUT2D eigenvalue weighted by Gasteiger charge is 2.46. The summed E-state index contributed by atoms with van der Waals surface area (Å²) in [5.74, 6) is 0.473. The van der Waals surface area contributed by atoms with Gasteiger partial charge in [-0.05, 0) is 70.7 Å². The van der Waals surface area contributed by atoms with Gasteiger partial charge in [0, 0.05) is 23.5 Å². The van der Waals surface area contributed by atoms with Crippen molar-refractivity contribution in [2.45, 2.75) is 95.7 Å². The first-order valence-electron chi connectivity index (χ1n) is 9.29. The van der Waals surface area contributed by atoms with E-state index in [-0.39, 0.29) is 17.7 Å². The lowest BCUT2D eigenvalue weighted by molar-refractivity contribution is -0.0308. The highest BCUT2D eigenvalue weighted by atomic mass is 16.6. The third-order valence-corrected chi connectivity index (χ3v) is 5.73. The molecule has 6 heteroatoms. The molecule has 0 unspecified atom stereocenters. The molecule has 0 spiro atoms. The molecule has 24 heavy (non-hydrogen) atoms. The van der Waals surface area contributed by atoms with E-state index in [1.807, 2.05) is 32.7 Å². The zero-order valence-electron chi connectivity index (χ0n) is 15.6. The fraction of sp³-hybridized carbons (Fsp3) is 0.944. The van der Waals surface area contributed by atoms with Crippen LogP contribution in [0.15, 0.2) is 5.11 Å². The summed E-state index contributed by atoms with van der Waals surface area (Å²) in [4.78, 5) is 17.6. The number of ether oxygens (including phenoxy) is 1. The lowest BCUT2D eigenvalue weighted by Crippen LogP contribution is -2.57. The number of azide groups is 1. The van der Waals surface area contributed by atoms with Crippen LogP contribution in [0.1, 0.15) is 78.6 Å². The van der Waals surface area contributed by atoms with Crippen molar-refractivity contribution >= 4 is 6.09 Å². The molecule has 0 radical (unpaired) electrons. The van der Waals surface area contributed by atoms with Crippen molar-refractivity contribution in [3.05, 3.63) is 10.4 Å². The predicted octanol–water partition coefficient (Wildman–Crippen LogP) is 5.43. The van der Waals surface area contributed by atoms with Gasteiger partial charge in [-0.25, -0.2) is 4.79 Å². The van der Waals surface area contributed by atoms with E-state index in [1.54, 1.807) is 0 Å². The summed E-state index contributed by atoms with van der Waals surface area (Å²) in [6.07, 6.45) is 9.40. The second-order valence-electron chi connectivity index (χ2n) is 8.41. The Labute approximate surface area is 145 Å². The van der Waals surface area contributed by atoms with Crippen molar-refractivity contribution < 1.29 is 9.53 Å². The molecule has 1 amide bonds. The van der Waals surface area contributed by atoms with E-state index in [0.717, 1.165) is 38.5 Å². The Hall–Kier alpha value is -1.42. The van der Waals surface area contributed by atoms with Gasteiger partial charge >= 0.3 is 6.09 Å². The van der Waals surface area contributed by atoms with E-state index < -0.39 is 5.60 Å². The lowest BCUT2D eigenvalue weighted by Gasteiger charge is -2.51. The summed E-state index contributed by atoms with van der Waals surface area (Å²) in [6.45, 7) is 5.74. The van der Waals surface area contributed by atoms with E-state index in [9.17, 15) is 4.79 Å². The fourth-order valence-electron chi connectivity index (χ4n) is 4.50. The average Bonchev–Trinajstić information content (AvgIpc) is 2.54. The maximum absolute atomic E-state index is 12.7. The van der Waals surface area contributed by atoms with Crippen LogP contribution < -0.4 is 0 Å². The zero-order valence-corrected chi connectivity index (χ0v) is 15.6. The largest absolute Gasteiger partial charge is 0.444 e. The van der Waals surface area contributed by atoms with Gasteiger partial charge in [-0.15, -0.1) is 0 Å². The highest BCUT2D eigenvalue weighted by molar-refractivity contribution is 5.69. The number of amides is 1. The Balaban J connectivity index is 2.14. The Morgan fingerprint density at radius 2 is 1.75 bits per heavy atom. The van der Waals surface area contributed by atoms with Crippen LogP contribution >= 0.6 is 0 Å². The zero-order chi connectivity index (χ0) is 17.8. The van der Waals surface area contributed by atoms with Gasteiger partial charge in [-0.3, -0.25) is 0 Å². The van der Waals surface area contributed by atoms with Gasteiger partial charge in [0.05, 0.1) is 0 Å². The quantitative estimate of drug-likeness (QED) is 0.391. The van der Waals surface area contributed by atoms with Crippen molar-refractivity contribution in [2.75, 3.05) is 7.05 Å². The Morgan fingerprint density at radius 3 is 2.25 bits per heavy atom. The van der Waals surface area contributed by atoms with Crippen LogP contribution in [-0.4, -0.2) is 35.2 Å². The molecule has 0 aromatic rings. The number of carbonyl (C=O) groups is 1. The van der Waals surface area contributed by atoms with Crippen LogP contribution in [0.25, 0.3) is 10.4 Å². The standard InChI is InChI=1S/C18H32N4O2/c1-17(2,3)24-16(23)22(4)18(12-6-5-7-13-18)14-8-10-15(11-9-14)20-21-19/h14-15H,5-13H2,1-4H3. The van der Waals surface area contributed by atoms with Crippen molar-refractivity contribution in [2.24, 2.45) is 11.0 Å². The summed E-state index contributed by atoms with van der Waals surface area (Å²) < 4.78 is 5.65. The minimum Gasteiger partial charge on any atom is -0.444 e. The monoisotopic (exact) mass is 336 g/mol. The van der Waals surface area contributed by atoms with E-state index in [2.05, 4.69) is 10.0 Å². The topological polar surface area (TPSA) is 78.3 Å². The number of nitrogens with zero attached hydrogens (tertiary/aromatic N) is 4. The highest BCUT2D eigenvalue weighted by Crippen LogP contribution is 2.45. The minimum atomic E-state index is -0.472. The Bertz CT molecular complexity index is 480. The fourth-order valence-corrected chi connectivity index (χ4v) is 4.50. The van der Waals surface area contributed by atoms with E-state index in [4.69, 9.17) is 10.3 Å². The molecule has 136 valence electrons. The summed E-state index contributed by atoms with van der Waals surface area (Å²) in [7, 11) is 1.92. The van der Waals surface area contributed by atoms with Gasteiger partial charge in [0.2, 0.25) is 0 Å². The molecule has 0 saturated heterocycles. The van der Waals surface area contributed by atoms with Crippen LogP contribution in [0, 0.1) is 5.92 Å². The molecule has 2 rings (SSSR count). The van der Waals surface area contributed by atoms with Crippen molar-refractivity contribution in [3.8, 4) is 0 Å². The molecule has 2 aliphatic rings. The Kier molecular flexibility index (Phi) is 6.02. The van der Waals surface area contributed by atoms with Gasteiger partial charge in [-0.1, -0.05) is 24.4 Å². The molecular weight excluding hydrogens is 304 g/mol. The third-order valence-electron chi connectivity index (χ3n) is 5.73. The minimum absolute atomic E-state index is 0.0953. The normalized spacial score (nSPS) is 27.0. The molecular formula is C18H32N4O2. The predicted molar refractivity (Wildman–Crippen MR) is 94.7 cm³/mol. The van der Waals surface area contributed by atoms with Crippen LogP contribution in [0.4, 0.5) is 4.79 Å². The van der Waals surface area contributed by atoms with Gasteiger partial charge in [0.1, 0.15) is 5.60 Å². The summed E-state index contributed by atoms with van der Waals surface area (Å²) in [5.41, 5.74) is 8.07. The first-order valence-corrected chi connectivity index (χ1v) is 9.29. The second-order valence-corrected chi connectivity index (χ2v) is 8.41. The molecule has 0 bridgehead atoms. The number of hydrogen-bond donors (Lipinski definition) is 0. The molecule has 0 atom stereocenters. The number of hydrogen-bond acceptors (Lipinski definition) is 3. The average molecular weight is 336 g/mol. The first kappa shape index (κ1) is 18.9. The second kappa shape index (κ2) is 7.64.